The van der Waals surface area contributed by atoms with Crippen LogP contribution in [0.2, 0.25) is 0 Å². The maximum Gasteiger partial charge on any atom is 0.104 e. The molecule has 0 radical (unpaired) electrons. The van der Waals surface area contributed by atoms with Crippen molar-refractivity contribution in [2.45, 2.75) is 96.2 Å². The predicted molar refractivity (Wildman–Crippen MR) is 107 cm³/mol. The summed E-state index contributed by atoms with van der Waals surface area (Å²) in [7, 11) is 1.56. The smallest absolute Gasteiger partial charge is 0.104 e. The van der Waals surface area contributed by atoms with Crippen LogP contribution in [0.3, 0.4) is 0 Å². The summed E-state index contributed by atoms with van der Waals surface area (Å²) in [5.41, 5.74) is 0. The van der Waals surface area contributed by atoms with Crippen molar-refractivity contribution in [3.05, 3.63) is 0 Å². The highest BCUT2D eigenvalue weighted by molar-refractivity contribution is 4.58. The van der Waals surface area contributed by atoms with Gasteiger partial charge in [0.1, 0.15) is 12.2 Å². The van der Waals surface area contributed by atoms with E-state index in [1.165, 1.54) is 70.6 Å². The summed E-state index contributed by atoms with van der Waals surface area (Å²) in [5.74, 6) is 0. The topological polar surface area (TPSA) is 68.2 Å². The first kappa shape index (κ1) is 25.8. The van der Waals surface area contributed by atoms with Crippen molar-refractivity contribution in [2.24, 2.45) is 0 Å². The molecule has 0 aliphatic rings. The molecule has 0 aliphatic carbocycles. The Bertz CT molecular complexity index is 263. The molecule has 0 saturated heterocycles. The van der Waals surface area contributed by atoms with Crippen molar-refractivity contribution < 1.29 is 24.4 Å². The quantitative estimate of drug-likeness (QED) is 0.295. The third-order valence-electron chi connectivity index (χ3n) is 4.53. The van der Waals surface area contributed by atoms with Crippen LogP contribution >= 0.6 is 0 Å². The lowest BCUT2D eigenvalue weighted by atomic mass is 10.1. The van der Waals surface area contributed by atoms with Gasteiger partial charge in [0.15, 0.2) is 0 Å². The van der Waals surface area contributed by atoms with Gasteiger partial charge in [-0.2, -0.15) is 0 Å². The SMILES string of the molecule is CCCCCCCCCCCCCCOCC(O)COC(CO)COC. The number of aliphatic hydroxyl groups excluding tert-OH is 2. The van der Waals surface area contributed by atoms with Crippen molar-refractivity contribution in [2.75, 3.05) is 40.1 Å². The van der Waals surface area contributed by atoms with Crippen LogP contribution < -0.4 is 0 Å². The minimum atomic E-state index is -0.654. The van der Waals surface area contributed by atoms with E-state index in [1.807, 2.05) is 0 Å². The van der Waals surface area contributed by atoms with Gasteiger partial charge in [-0.15, -0.1) is 0 Å². The Kier molecular flexibility index (Phi) is 20.9. The molecule has 26 heavy (non-hydrogen) atoms. The molecule has 0 aromatic carbocycles. The monoisotopic (exact) mass is 376 g/mol. The number of hydrogen-bond acceptors (Lipinski definition) is 5. The molecule has 0 heterocycles. The van der Waals surface area contributed by atoms with Crippen LogP contribution in [0.1, 0.15) is 84.0 Å². The first-order valence-corrected chi connectivity index (χ1v) is 10.7. The number of rotatable bonds is 21. The molecule has 0 saturated carbocycles. The number of hydrogen-bond donors (Lipinski definition) is 2. The Morgan fingerprint density at radius 3 is 1.77 bits per heavy atom. The Labute approximate surface area is 161 Å². The van der Waals surface area contributed by atoms with Crippen LogP contribution in [0.4, 0.5) is 0 Å². The van der Waals surface area contributed by atoms with Crippen molar-refractivity contribution in [1.29, 1.82) is 0 Å². The predicted octanol–water partition coefficient (Wildman–Crippen LogP) is 4.09. The average molecular weight is 377 g/mol. The molecule has 0 spiro atoms. The van der Waals surface area contributed by atoms with Gasteiger partial charge in [0.05, 0.1) is 26.4 Å². The van der Waals surface area contributed by atoms with Crippen molar-refractivity contribution in [3.63, 3.8) is 0 Å². The molecule has 0 amide bonds. The van der Waals surface area contributed by atoms with E-state index in [1.54, 1.807) is 7.11 Å². The fourth-order valence-corrected chi connectivity index (χ4v) is 2.90. The molecular weight excluding hydrogens is 332 g/mol. The van der Waals surface area contributed by atoms with Gasteiger partial charge in [-0.05, 0) is 6.42 Å². The second-order valence-corrected chi connectivity index (χ2v) is 7.21. The maximum absolute atomic E-state index is 9.78. The van der Waals surface area contributed by atoms with E-state index < -0.39 is 6.10 Å². The van der Waals surface area contributed by atoms with Gasteiger partial charge in [-0.25, -0.2) is 0 Å². The molecule has 0 bridgehead atoms. The van der Waals surface area contributed by atoms with Gasteiger partial charge in [-0.1, -0.05) is 77.6 Å². The lowest BCUT2D eigenvalue weighted by Gasteiger charge is -2.17. The first-order valence-electron chi connectivity index (χ1n) is 10.7. The van der Waals surface area contributed by atoms with Gasteiger partial charge in [-0.3, -0.25) is 0 Å². The van der Waals surface area contributed by atoms with Gasteiger partial charge in [0.2, 0.25) is 0 Å². The molecule has 0 fully saturated rings. The number of unbranched alkanes of at least 4 members (excludes halogenated alkanes) is 11. The Morgan fingerprint density at radius 2 is 1.27 bits per heavy atom. The van der Waals surface area contributed by atoms with Gasteiger partial charge in [0.25, 0.3) is 0 Å². The van der Waals surface area contributed by atoms with Gasteiger partial charge in [0, 0.05) is 13.7 Å². The summed E-state index contributed by atoms with van der Waals surface area (Å²) in [6, 6.07) is 0. The first-order chi connectivity index (χ1) is 12.7. The van der Waals surface area contributed by atoms with E-state index >= 15 is 0 Å². The van der Waals surface area contributed by atoms with Crippen LogP contribution in [-0.2, 0) is 14.2 Å². The van der Waals surface area contributed by atoms with E-state index in [0.717, 1.165) is 6.42 Å². The second-order valence-electron chi connectivity index (χ2n) is 7.21. The Balaban J connectivity index is 3.23. The number of ether oxygens (including phenoxy) is 3. The lowest BCUT2D eigenvalue weighted by Crippen LogP contribution is -2.30. The summed E-state index contributed by atoms with van der Waals surface area (Å²) >= 11 is 0. The summed E-state index contributed by atoms with van der Waals surface area (Å²) in [6.07, 6.45) is 14.9. The van der Waals surface area contributed by atoms with Crippen molar-refractivity contribution >= 4 is 0 Å². The molecule has 5 nitrogen and oxygen atoms in total. The summed E-state index contributed by atoms with van der Waals surface area (Å²) < 4.78 is 15.8. The van der Waals surface area contributed by atoms with E-state index in [0.29, 0.717) is 13.2 Å². The molecular formula is C21H44O5. The minimum Gasteiger partial charge on any atom is -0.394 e. The van der Waals surface area contributed by atoms with Crippen molar-refractivity contribution in [3.8, 4) is 0 Å². The van der Waals surface area contributed by atoms with Gasteiger partial charge >= 0.3 is 0 Å². The molecule has 0 aromatic heterocycles. The molecule has 0 aromatic rings. The fourth-order valence-electron chi connectivity index (χ4n) is 2.90. The highest BCUT2D eigenvalue weighted by Gasteiger charge is 2.11. The van der Waals surface area contributed by atoms with E-state index in [-0.39, 0.29) is 25.9 Å². The molecule has 2 N–H and O–H groups in total. The summed E-state index contributed by atoms with van der Waals surface area (Å²) in [4.78, 5) is 0. The van der Waals surface area contributed by atoms with Crippen molar-refractivity contribution in [1.82, 2.24) is 0 Å². The number of aliphatic hydroxyl groups is 2. The van der Waals surface area contributed by atoms with E-state index in [2.05, 4.69) is 6.92 Å². The lowest BCUT2D eigenvalue weighted by molar-refractivity contribution is -0.0774. The third kappa shape index (κ3) is 18.6. The molecule has 5 heteroatoms. The fraction of sp³-hybridized carbons (Fsp3) is 1.00. The second kappa shape index (κ2) is 21.1. The van der Waals surface area contributed by atoms with E-state index in [9.17, 15) is 5.11 Å². The maximum atomic E-state index is 9.78. The van der Waals surface area contributed by atoms with Crippen LogP contribution in [0, 0.1) is 0 Å². The Hall–Kier alpha value is -0.200. The summed E-state index contributed by atoms with van der Waals surface area (Å²) in [5, 5.41) is 18.8. The molecule has 0 aliphatic heterocycles. The Morgan fingerprint density at radius 1 is 0.731 bits per heavy atom. The van der Waals surface area contributed by atoms with E-state index in [4.69, 9.17) is 19.3 Å². The summed E-state index contributed by atoms with van der Waals surface area (Å²) in [6.45, 7) is 3.61. The normalized spacial score (nSPS) is 13.8. The zero-order valence-electron chi connectivity index (χ0n) is 17.3. The standard InChI is InChI=1S/C21H44O5/c1-3-4-5-6-7-8-9-10-11-12-13-14-15-25-17-20(23)18-26-21(16-22)19-24-2/h20-23H,3-19H2,1-2H3. The van der Waals surface area contributed by atoms with Crippen LogP contribution in [0.15, 0.2) is 0 Å². The zero-order valence-corrected chi connectivity index (χ0v) is 17.3. The third-order valence-corrected chi connectivity index (χ3v) is 4.53. The molecule has 0 rings (SSSR count). The largest absolute Gasteiger partial charge is 0.394 e. The average Bonchev–Trinajstić information content (AvgIpc) is 2.65. The number of methoxy groups -OCH3 is 1. The van der Waals surface area contributed by atoms with Crippen LogP contribution in [0.25, 0.3) is 0 Å². The van der Waals surface area contributed by atoms with Crippen LogP contribution in [0.5, 0.6) is 0 Å². The zero-order chi connectivity index (χ0) is 19.3. The molecule has 158 valence electrons. The molecule has 2 unspecified atom stereocenters. The minimum absolute atomic E-state index is 0.111. The molecule has 2 atom stereocenters. The van der Waals surface area contributed by atoms with Crippen LogP contribution in [-0.4, -0.2) is 62.6 Å². The van der Waals surface area contributed by atoms with Gasteiger partial charge < -0.3 is 24.4 Å². The highest BCUT2D eigenvalue weighted by atomic mass is 16.5. The highest BCUT2D eigenvalue weighted by Crippen LogP contribution is 2.11.